The molecule has 37 heavy (non-hydrogen) atoms. The minimum absolute atomic E-state index is 0.166. The molecule has 0 bridgehead atoms. The van der Waals surface area contributed by atoms with Crippen molar-refractivity contribution in [3.63, 3.8) is 0 Å². The molecule has 1 saturated heterocycles. The maximum atomic E-state index is 13.7. The molecule has 2 heterocycles. The van der Waals surface area contributed by atoms with Crippen LogP contribution in [0.1, 0.15) is 49.8 Å². The Hall–Kier alpha value is -3.63. The monoisotopic (exact) mass is 507 g/mol. The van der Waals surface area contributed by atoms with Crippen molar-refractivity contribution in [2.45, 2.75) is 46.2 Å². The number of hydrogen-bond acceptors (Lipinski definition) is 8. The molecule has 0 amide bonds. The average molecular weight is 508 g/mol. The van der Waals surface area contributed by atoms with Gasteiger partial charge in [0.15, 0.2) is 0 Å². The number of esters is 1. The van der Waals surface area contributed by atoms with Crippen LogP contribution in [0, 0.1) is 10.1 Å². The smallest absolute Gasteiger partial charge is 0.338 e. The van der Waals surface area contributed by atoms with E-state index in [-0.39, 0.29) is 23.2 Å². The first-order chi connectivity index (χ1) is 17.9. The van der Waals surface area contributed by atoms with Gasteiger partial charge in [-0.05, 0) is 50.1 Å². The number of fused-ring (bicyclic) bond motifs is 1. The lowest BCUT2D eigenvalue weighted by Gasteiger charge is -2.38. The van der Waals surface area contributed by atoms with Gasteiger partial charge < -0.3 is 4.74 Å². The quantitative estimate of drug-likeness (QED) is 0.244. The number of nitro groups is 1. The Morgan fingerprint density at radius 1 is 1.05 bits per heavy atom. The molecule has 0 aliphatic carbocycles. The van der Waals surface area contributed by atoms with Crippen molar-refractivity contribution in [1.82, 2.24) is 19.4 Å². The molecule has 196 valence electrons. The molecular formula is C27H33N5O5. The second-order valence-corrected chi connectivity index (χ2v) is 9.18. The molecule has 1 aliphatic rings. The number of carbonyl (C=O) groups is 1. The number of nitrogens with zero attached hydrogens (tertiary/aromatic N) is 5. The molecule has 0 unspecified atom stereocenters. The van der Waals surface area contributed by atoms with Gasteiger partial charge in [-0.1, -0.05) is 13.8 Å². The lowest BCUT2D eigenvalue weighted by atomic mass is 10.1. The van der Waals surface area contributed by atoms with Crippen molar-refractivity contribution in [2.24, 2.45) is 0 Å². The predicted molar refractivity (Wildman–Crippen MR) is 141 cm³/mol. The highest BCUT2D eigenvalue weighted by atomic mass is 16.6. The second kappa shape index (κ2) is 11.6. The first kappa shape index (κ1) is 26.4. The molecule has 0 spiro atoms. The first-order valence-corrected chi connectivity index (χ1v) is 12.8. The van der Waals surface area contributed by atoms with Crippen LogP contribution in [0.4, 0.5) is 5.69 Å². The molecule has 0 atom stereocenters. The van der Waals surface area contributed by atoms with Gasteiger partial charge in [0.1, 0.15) is 5.82 Å². The van der Waals surface area contributed by atoms with Gasteiger partial charge in [-0.3, -0.25) is 29.3 Å². The van der Waals surface area contributed by atoms with Crippen LogP contribution < -0.4 is 5.56 Å². The standard InChI is InChI=1S/C27H33N5O5/c1-4-20(5-2)30-15-13-29(14-16-30)18-25-28-24-12-11-22(32(35)36)17-23(24)26(33)31(25)21-9-7-19(8-10-21)27(34)37-6-3/h7-12,17,20H,4-6,13-16,18H2,1-3H3. The largest absolute Gasteiger partial charge is 0.462 e. The fourth-order valence-electron chi connectivity index (χ4n) is 4.96. The molecule has 0 N–H and O–H groups in total. The van der Waals surface area contributed by atoms with Gasteiger partial charge in [0.05, 0.1) is 40.2 Å². The van der Waals surface area contributed by atoms with Crippen molar-refractivity contribution in [2.75, 3.05) is 32.8 Å². The fraction of sp³-hybridized carbons (Fsp3) is 0.444. The van der Waals surface area contributed by atoms with E-state index < -0.39 is 10.9 Å². The first-order valence-electron chi connectivity index (χ1n) is 12.8. The summed E-state index contributed by atoms with van der Waals surface area (Å²) >= 11 is 0. The Morgan fingerprint density at radius 2 is 1.73 bits per heavy atom. The summed E-state index contributed by atoms with van der Waals surface area (Å²) in [5.41, 5.74) is 0.775. The third-order valence-corrected chi connectivity index (χ3v) is 7.00. The normalized spacial score (nSPS) is 14.8. The van der Waals surface area contributed by atoms with Gasteiger partial charge in [-0.25, -0.2) is 9.78 Å². The summed E-state index contributed by atoms with van der Waals surface area (Å²) in [6.07, 6.45) is 2.24. The topological polar surface area (TPSA) is 111 Å². The van der Waals surface area contributed by atoms with E-state index in [1.165, 1.54) is 22.8 Å². The third-order valence-electron chi connectivity index (χ3n) is 7.00. The minimum atomic E-state index is -0.523. The summed E-state index contributed by atoms with van der Waals surface area (Å²) in [6.45, 7) is 10.5. The van der Waals surface area contributed by atoms with Crippen LogP contribution in [0.2, 0.25) is 0 Å². The van der Waals surface area contributed by atoms with E-state index in [0.717, 1.165) is 39.0 Å². The van der Waals surface area contributed by atoms with Crippen LogP contribution in [0.25, 0.3) is 16.6 Å². The zero-order valence-corrected chi connectivity index (χ0v) is 21.6. The number of hydrogen-bond donors (Lipinski definition) is 0. The number of nitro benzene ring substituents is 1. The van der Waals surface area contributed by atoms with Crippen LogP contribution >= 0.6 is 0 Å². The number of piperazine rings is 1. The number of benzene rings is 2. The highest BCUT2D eigenvalue weighted by Crippen LogP contribution is 2.21. The molecule has 4 rings (SSSR count). The molecule has 0 saturated carbocycles. The summed E-state index contributed by atoms with van der Waals surface area (Å²) in [5.74, 6) is 0.107. The SMILES string of the molecule is CCOC(=O)c1ccc(-n2c(CN3CCN(C(CC)CC)CC3)nc3ccc([N+](=O)[O-])cc3c2=O)cc1. The molecule has 2 aromatic carbocycles. The maximum absolute atomic E-state index is 13.7. The Bertz CT molecular complexity index is 1330. The molecular weight excluding hydrogens is 474 g/mol. The van der Waals surface area contributed by atoms with Crippen molar-refractivity contribution >= 4 is 22.6 Å². The van der Waals surface area contributed by atoms with Crippen molar-refractivity contribution in [1.29, 1.82) is 0 Å². The van der Waals surface area contributed by atoms with E-state index in [1.807, 2.05) is 0 Å². The summed E-state index contributed by atoms with van der Waals surface area (Å²) in [6, 6.07) is 11.3. The van der Waals surface area contributed by atoms with Crippen LogP contribution in [0.5, 0.6) is 0 Å². The number of aromatic nitrogens is 2. The van der Waals surface area contributed by atoms with Gasteiger partial charge in [0.2, 0.25) is 0 Å². The Morgan fingerprint density at radius 3 is 2.32 bits per heavy atom. The van der Waals surface area contributed by atoms with E-state index in [0.29, 0.717) is 35.2 Å². The van der Waals surface area contributed by atoms with E-state index >= 15 is 0 Å². The Kier molecular flexibility index (Phi) is 8.30. The Balaban J connectivity index is 1.72. The zero-order chi connectivity index (χ0) is 26.5. The van der Waals surface area contributed by atoms with Crippen molar-refractivity contribution in [3.05, 3.63) is 74.3 Å². The maximum Gasteiger partial charge on any atom is 0.338 e. The molecule has 3 aromatic rings. The summed E-state index contributed by atoms with van der Waals surface area (Å²) < 4.78 is 6.56. The average Bonchev–Trinajstić information content (AvgIpc) is 2.90. The highest BCUT2D eigenvalue weighted by Gasteiger charge is 2.24. The second-order valence-electron chi connectivity index (χ2n) is 9.18. The van der Waals surface area contributed by atoms with E-state index in [4.69, 9.17) is 9.72 Å². The lowest BCUT2D eigenvalue weighted by Crippen LogP contribution is -2.50. The summed E-state index contributed by atoms with van der Waals surface area (Å²) in [4.78, 5) is 46.2. The molecule has 0 radical (unpaired) electrons. The van der Waals surface area contributed by atoms with Crippen molar-refractivity contribution in [3.8, 4) is 5.69 Å². The fourth-order valence-corrected chi connectivity index (χ4v) is 4.96. The molecule has 10 nitrogen and oxygen atoms in total. The predicted octanol–water partition coefficient (Wildman–Crippen LogP) is 3.78. The van der Waals surface area contributed by atoms with Crippen LogP contribution in [-0.2, 0) is 11.3 Å². The Labute approximate surface area is 215 Å². The summed E-state index contributed by atoms with van der Waals surface area (Å²) in [5, 5.41) is 11.5. The zero-order valence-electron chi connectivity index (χ0n) is 21.6. The third kappa shape index (κ3) is 5.70. The number of ether oxygens (including phenoxy) is 1. The highest BCUT2D eigenvalue weighted by molar-refractivity contribution is 5.89. The summed E-state index contributed by atoms with van der Waals surface area (Å²) in [7, 11) is 0. The van der Waals surface area contributed by atoms with Gasteiger partial charge in [0, 0.05) is 44.4 Å². The van der Waals surface area contributed by atoms with Crippen LogP contribution in [0.15, 0.2) is 47.3 Å². The van der Waals surface area contributed by atoms with Gasteiger partial charge in [-0.2, -0.15) is 0 Å². The van der Waals surface area contributed by atoms with Gasteiger partial charge in [0.25, 0.3) is 11.2 Å². The van der Waals surface area contributed by atoms with Crippen molar-refractivity contribution < 1.29 is 14.5 Å². The van der Waals surface area contributed by atoms with E-state index in [2.05, 4.69) is 23.6 Å². The lowest BCUT2D eigenvalue weighted by molar-refractivity contribution is -0.384. The van der Waals surface area contributed by atoms with Gasteiger partial charge >= 0.3 is 5.97 Å². The molecule has 1 aliphatic heterocycles. The molecule has 1 aromatic heterocycles. The van der Waals surface area contributed by atoms with E-state index in [1.54, 1.807) is 31.2 Å². The van der Waals surface area contributed by atoms with Crippen LogP contribution in [-0.4, -0.2) is 69.1 Å². The number of rotatable bonds is 9. The number of non-ortho nitro benzene ring substituents is 1. The molecule has 1 fully saturated rings. The molecule has 10 heteroatoms. The van der Waals surface area contributed by atoms with Crippen LogP contribution in [0.3, 0.4) is 0 Å². The van der Waals surface area contributed by atoms with E-state index in [9.17, 15) is 19.7 Å². The number of carbonyl (C=O) groups excluding carboxylic acids is 1. The minimum Gasteiger partial charge on any atom is -0.462 e. The van der Waals surface area contributed by atoms with Gasteiger partial charge in [-0.15, -0.1) is 0 Å².